The van der Waals surface area contributed by atoms with Crippen LogP contribution in [0.1, 0.15) is 10.4 Å². The van der Waals surface area contributed by atoms with Crippen LogP contribution in [0, 0.1) is 0 Å². The number of aliphatic carboxylic acids is 1. The van der Waals surface area contributed by atoms with E-state index in [0.29, 0.717) is 5.33 Å². The van der Waals surface area contributed by atoms with Gasteiger partial charge in [0.05, 0.1) is 13.4 Å². The fourth-order valence-electron chi connectivity index (χ4n) is 1.82. The molecule has 2 rings (SSSR count). The zero-order valence-corrected chi connectivity index (χ0v) is 12.0. The van der Waals surface area contributed by atoms with Crippen LogP contribution in [0.15, 0.2) is 30.5 Å². The number of methoxy groups -OCH3 is 1. The highest BCUT2D eigenvalue weighted by Crippen LogP contribution is 2.37. The van der Waals surface area contributed by atoms with E-state index >= 15 is 0 Å². The maximum atomic E-state index is 11.3. The lowest BCUT2D eigenvalue weighted by Gasteiger charge is -2.03. The molecule has 0 unspecified atom stereocenters. The third-order valence-corrected chi connectivity index (χ3v) is 4.63. The van der Waals surface area contributed by atoms with Crippen LogP contribution in [0.3, 0.4) is 0 Å². The van der Waals surface area contributed by atoms with Crippen LogP contribution in [0.4, 0.5) is 0 Å². The Morgan fingerprint density at radius 3 is 2.83 bits per heavy atom. The monoisotopic (exact) mass is 326 g/mol. The second-order valence-electron chi connectivity index (χ2n) is 3.60. The lowest BCUT2D eigenvalue weighted by Crippen LogP contribution is -2.01. The van der Waals surface area contributed by atoms with Crippen molar-refractivity contribution in [2.24, 2.45) is 0 Å². The van der Waals surface area contributed by atoms with E-state index in [2.05, 4.69) is 15.9 Å². The van der Waals surface area contributed by atoms with Crippen molar-refractivity contribution in [1.82, 2.24) is 0 Å². The van der Waals surface area contributed by atoms with Gasteiger partial charge in [0.15, 0.2) is 0 Å². The number of halogens is 1. The number of alkyl halides is 1. The van der Waals surface area contributed by atoms with Crippen molar-refractivity contribution in [3.05, 3.63) is 41.0 Å². The van der Waals surface area contributed by atoms with Gasteiger partial charge in [0.1, 0.15) is 5.57 Å². The minimum atomic E-state index is -0.984. The number of benzene rings is 1. The van der Waals surface area contributed by atoms with Gasteiger partial charge in [0, 0.05) is 25.9 Å². The van der Waals surface area contributed by atoms with Crippen LogP contribution >= 0.6 is 27.3 Å². The third kappa shape index (κ3) is 2.28. The van der Waals surface area contributed by atoms with E-state index in [0.717, 1.165) is 20.5 Å². The first-order valence-corrected chi connectivity index (χ1v) is 7.15. The first-order valence-electron chi connectivity index (χ1n) is 5.22. The number of carboxylic acids is 1. The molecule has 1 N–H and O–H groups in total. The molecular formula is C13H11BrO3S. The van der Waals surface area contributed by atoms with Gasteiger partial charge in [-0.15, -0.1) is 11.3 Å². The minimum Gasteiger partial charge on any atom is -0.503 e. The predicted octanol–water partition coefficient (Wildman–Crippen LogP) is 3.87. The van der Waals surface area contributed by atoms with Crippen molar-refractivity contribution >= 4 is 48.9 Å². The number of fused-ring (bicyclic) bond motifs is 1. The van der Waals surface area contributed by atoms with Crippen molar-refractivity contribution in [2.75, 3.05) is 7.11 Å². The topological polar surface area (TPSA) is 46.5 Å². The van der Waals surface area contributed by atoms with Crippen molar-refractivity contribution in [3.8, 4) is 0 Å². The molecule has 0 fully saturated rings. The van der Waals surface area contributed by atoms with E-state index in [1.165, 1.54) is 13.4 Å². The highest BCUT2D eigenvalue weighted by atomic mass is 79.9. The molecule has 0 aliphatic carbocycles. The average molecular weight is 327 g/mol. The molecule has 5 heteroatoms. The van der Waals surface area contributed by atoms with Crippen LogP contribution in [-0.4, -0.2) is 18.2 Å². The maximum absolute atomic E-state index is 11.3. The summed E-state index contributed by atoms with van der Waals surface area (Å²) in [4.78, 5) is 12.3. The summed E-state index contributed by atoms with van der Waals surface area (Å²) in [5, 5.41) is 10.9. The summed E-state index contributed by atoms with van der Waals surface area (Å²) in [7, 11) is 1.45. The predicted molar refractivity (Wildman–Crippen MR) is 77.1 cm³/mol. The normalized spacial score (nSPS) is 11.8. The van der Waals surface area contributed by atoms with Gasteiger partial charge in [-0.05, 0) is 6.07 Å². The van der Waals surface area contributed by atoms with Crippen LogP contribution < -0.4 is 0 Å². The van der Waals surface area contributed by atoms with Crippen LogP contribution in [-0.2, 0) is 14.9 Å². The SMILES string of the molecule is COC=C(C(=O)O)c1c(CBr)sc2ccccc12. The molecule has 94 valence electrons. The number of carboxylic acid groups (broad SMARTS) is 1. The van der Waals surface area contributed by atoms with Gasteiger partial charge in [-0.3, -0.25) is 0 Å². The summed E-state index contributed by atoms with van der Waals surface area (Å²) in [6, 6.07) is 7.77. The molecule has 0 aliphatic rings. The molecule has 0 aliphatic heterocycles. The number of thiophene rings is 1. The molecule has 0 bridgehead atoms. The summed E-state index contributed by atoms with van der Waals surface area (Å²) in [6.45, 7) is 0. The van der Waals surface area contributed by atoms with Crippen molar-refractivity contribution in [1.29, 1.82) is 0 Å². The van der Waals surface area contributed by atoms with Crippen LogP contribution in [0.2, 0.25) is 0 Å². The minimum absolute atomic E-state index is 0.185. The molecule has 1 heterocycles. The molecule has 0 amide bonds. The third-order valence-electron chi connectivity index (χ3n) is 2.53. The lowest BCUT2D eigenvalue weighted by molar-refractivity contribution is -0.130. The summed E-state index contributed by atoms with van der Waals surface area (Å²) in [5.74, 6) is -0.984. The Hall–Kier alpha value is -1.33. The van der Waals surface area contributed by atoms with Gasteiger partial charge in [-0.1, -0.05) is 34.1 Å². The van der Waals surface area contributed by atoms with Crippen LogP contribution in [0.5, 0.6) is 0 Å². The van der Waals surface area contributed by atoms with Crippen molar-refractivity contribution in [3.63, 3.8) is 0 Å². The number of rotatable bonds is 4. The zero-order valence-electron chi connectivity index (χ0n) is 9.64. The van der Waals surface area contributed by atoms with E-state index in [1.54, 1.807) is 11.3 Å². The molecule has 2 aromatic rings. The Morgan fingerprint density at radius 2 is 2.22 bits per heavy atom. The molecule has 1 aromatic carbocycles. The highest BCUT2D eigenvalue weighted by Gasteiger charge is 2.20. The second-order valence-corrected chi connectivity index (χ2v) is 5.30. The molecule has 3 nitrogen and oxygen atoms in total. The van der Waals surface area contributed by atoms with E-state index in [1.807, 2.05) is 24.3 Å². The quantitative estimate of drug-likeness (QED) is 0.527. The molecule has 0 radical (unpaired) electrons. The van der Waals surface area contributed by atoms with Gasteiger partial charge in [0.25, 0.3) is 0 Å². The smallest absolute Gasteiger partial charge is 0.339 e. The number of hydrogen-bond acceptors (Lipinski definition) is 3. The first kappa shape index (κ1) is 13.1. The van der Waals surface area contributed by atoms with Gasteiger partial charge in [-0.25, -0.2) is 4.79 Å². The molecule has 0 saturated carbocycles. The van der Waals surface area contributed by atoms with Crippen LogP contribution in [0.25, 0.3) is 15.7 Å². The van der Waals surface area contributed by atoms with Gasteiger partial charge in [0.2, 0.25) is 0 Å². The number of hydrogen-bond donors (Lipinski definition) is 1. The van der Waals surface area contributed by atoms with E-state index in [-0.39, 0.29) is 5.57 Å². The fourth-order valence-corrected chi connectivity index (χ4v) is 3.51. The summed E-state index contributed by atoms with van der Waals surface area (Å²) >= 11 is 4.99. The van der Waals surface area contributed by atoms with Crippen molar-refractivity contribution < 1.29 is 14.6 Å². The lowest BCUT2D eigenvalue weighted by atomic mass is 10.0. The Kier molecular flexibility index (Phi) is 4.04. The second kappa shape index (κ2) is 5.54. The Balaban J connectivity index is 2.74. The zero-order chi connectivity index (χ0) is 13.1. The molecule has 0 atom stereocenters. The number of ether oxygens (including phenoxy) is 1. The number of carbonyl (C=O) groups is 1. The molecular weight excluding hydrogens is 316 g/mol. The fraction of sp³-hybridized carbons (Fsp3) is 0.154. The Bertz CT molecular complexity index is 616. The van der Waals surface area contributed by atoms with E-state index in [4.69, 9.17) is 4.74 Å². The molecule has 18 heavy (non-hydrogen) atoms. The Morgan fingerprint density at radius 1 is 1.50 bits per heavy atom. The molecule has 0 spiro atoms. The summed E-state index contributed by atoms with van der Waals surface area (Å²) < 4.78 is 5.96. The first-order chi connectivity index (χ1) is 8.69. The summed E-state index contributed by atoms with van der Waals surface area (Å²) in [6.07, 6.45) is 1.28. The molecule has 0 saturated heterocycles. The molecule has 1 aromatic heterocycles. The Labute approximate surface area is 117 Å². The van der Waals surface area contributed by atoms with E-state index < -0.39 is 5.97 Å². The van der Waals surface area contributed by atoms with Gasteiger partial charge in [-0.2, -0.15) is 0 Å². The van der Waals surface area contributed by atoms with E-state index in [9.17, 15) is 9.90 Å². The van der Waals surface area contributed by atoms with Crippen molar-refractivity contribution in [2.45, 2.75) is 5.33 Å². The highest BCUT2D eigenvalue weighted by molar-refractivity contribution is 9.08. The maximum Gasteiger partial charge on any atom is 0.339 e. The summed E-state index contributed by atoms with van der Waals surface area (Å²) in [5.41, 5.74) is 0.922. The standard InChI is InChI=1S/C13H11BrO3S/c1-17-7-9(13(15)16)12-8-4-2-3-5-10(8)18-11(12)6-14/h2-5,7H,6H2,1H3,(H,15,16). The largest absolute Gasteiger partial charge is 0.503 e. The average Bonchev–Trinajstić information content (AvgIpc) is 2.74. The van der Waals surface area contributed by atoms with Gasteiger partial charge >= 0.3 is 5.97 Å². The van der Waals surface area contributed by atoms with Gasteiger partial charge < -0.3 is 9.84 Å².